The first-order valence-corrected chi connectivity index (χ1v) is 11.8. The molecule has 2 aliphatic rings. The number of likely N-dealkylation sites (N-methyl/N-ethyl adjacent to an activating group) is 1. The smallest absolute Gasteiger partial charge is 0.371 e. The summed E-state index contributed by atoms with van der Waals surface area (Å²) in [4.78, 5) is 45.8. The first kappa shape index (κ1) is 31.1. The number of rotatable bonds is 6. The van der Waals surface area contributed by atoms with Crippen LogP contribution in [0.25, 0.3) is 0 Å². The van der Waals surface area contributed by atoms with Gasteiger partial charge in [0.25, 0.3) is 5.91 Å². The molecule has 5 amide bonds. The summed E-state index contributed by atoms with van der Waals surface area (Å²) in [5, 5.41) is 12.5. The second-order valence-electron chi connectivity index (χ2n) is 8.77. The molecular formula is C25H24F6N6O4. The van der Waals surface area contributed by atoms with Gasteiger partial charge in [-0.05, 0) is 37.1 Å². The van der Waals surface area contributed by atoms with Crippen molar-refractivity contribution >= 4 is 29.6 Å². The molecule has 4 rings (SSSR count). The van der Waals surface area contributed by atoms with Gasteiger partial charge in [0.15, 0.2) is 6.23 Å². The van der Waals surface area contributed by atoms with E-state index in [1.807, 2.05) is 0 Å². The van der Waals surface area contributed by atoms with Gasteiger partial charge in [0.2, 0.25) is 0 Å². The van der Waals surface area contributed by atoms with Crippen molar-refractivity contribution in [3.8, 4) is 0 Å². The quantitative estimate of drug-likeness (QED) is 0.296. The number of nitrogens with one attached hydrogen (secondary N) is 1. The number of carbonyl (C=O) groups excluding carboxylic acids is 3. The van der Waals surface area contributed by atoms with Crippen molar-refractivity contribution in [1.29, 1.82) is 0 Å². The van der Waals surface area contributed by atoms with Crippen LogP contribution in [-0.4, -0.2) is 63.3 Å². The Morgan fingerprint density at radius 1 is 0.927 bits per heavy atom. The summed E-state index contributed by atoms with van der Waals surface area (Å²) >= 11 is 0. The summed E-state index contributed by atoms with van der Waals surface area (Å²) < 4.78 is 75.9. The zero-order chi connectivity index (χ0) is 30.7. The highest BCUT2D eigenvalue weighted by Gasteiger charge is 2.44. The summed E-state index contributed by atoms with van der Waals surface area (Å²) in [7, 11) is 1.47. The predicted molar refractivity (Wildman–Crippen MR) is 133 cm³/mol. The number of amides is 5. The second-order valence-corrected chi connectivity index (χ2v) is 8.77. The molecule has 0 spiro atoms. The van der Waals surface area contributed by atoms with E-state index in [0.29, 0.717) is 17.4 Å². The van der Waals surface area contributed by atoms with Gasteiger partial charge in [-0.3, -0.25) is 4.79 Å². The summed E-state index contributed by atoms with van der Waals surface area (Å²) in [6, 6.07) is 0.168. The van der Waals surface area contributed by atoms with Crippen LogP contribution in [0.2, 0.25) is 0 Å². The van der Waals surface area contributed by atoms with E-state index in [9.17, 15) is 45.8 Å². The third kappa shape index (κ3) is 6.65. The SMILES string of the molecule is C=CCC1C(O)N(c2cc(C(F)(F)F)ccn2)C(=O)N1C.C=CCC1NC(=O)N(c2cc(C(F)(F)F)ccn2)C1=O. The van der Waals surface area contributed by atoms with Crippen molar-refractivity contribution in [2.24, 2.45) is 0 Å². The normalized spacial score (nSPS) is 21.0. The lowest BCUT2D eigenvalue weighted by Gasteiger charge is -2.21. The van der Waals surface area contributed by atoms with Gasteiger partial charge in [0.05, 0.1) is 17.2 Å². The summed E-state index contributed by atoms with van der Waals surface area (Å²) in [5.74, 6) is -1.24. The fraction of sp³-hybridized carbons (Fsp3) is 0.320. The molecule has 0 aromatic carbocycles. The third-order valence-electron chi connectivity index (χ3n) is 6.07. The molecule has 2 saturated heterocycles. The number of imide groups is 1. The molecule has 0 radical (unpaired) electrons. The van der Waals surface area contributed by atoms with E-state index in [4.69, 9.17) is 0 Å². The molecule has 220 valence electrons. The number of anilines is 2. The van der Waals surface area contributed by atoms with Gasteiger partial charge in [-0.25, -0.2) is 29.4 Å². The molecule has 0 aliphatic carbocycles. The minimum absolute atomic E-state index is 0.194. The van der Waals surface area contributed by atoms with Crippen LogP contribution in [0, 0.1) is 0 Å². The second kappa shape index (κ2) is 12.0. The predicted octanol–water partition coefficient (Wildman–Crippen LogP) is 4.34. The van der Waals surface area contributed by atoms with Crippen LogP contribution in [0.3, 0.4) is 0 Å². The van der Waals surface area contributed by atoms with E-state index >= 15 is 0 Å². The Morgan fingerprint density at radius 3 is 1.95 bits per heavy atom. The Bertz CT molecular complexity index is 1330. The molecule has 2 N–H and O–H groups in total. The third-order valence-corrected chi connectivity index (χ3v) is 6.07. The summed E-state index contributed by atoms with van der Waals surface area (Å²) in [5.41, 5.74) is -1.91. The van der Waals surface area contributed by atoms with Gasteiger partial charge in [0.1, 0.15) is 17.7 Å². The minimum atomic E-state index is -4.57. The van der Waals surface area contributed by atoms with Crippen molar-refractivity contribution < 1.29 is 45.8 Å². The summed E-state index contributed by atoms with van der Waals surface area (Å²) in [6.45, 7) is 6.97. The van der Waals surface area contributed by atoms with Gasteiger partial charge >= 0.3 is 24.4 Å². The Hall–Kier alpha value is -4.47. The average molecular weight is 586 g/mol. The summed E-state index contributed by atoms with van der Waals surface area (Å²) in [6.07, 6.45) is -5.06. The van der Waals surface area contributed by atoms with Gasteiger partial charge < -0.3 is 15.3 Å². The first-order chi connectivity index (χ1) is 19.1. The fourth-order valence-corrected chi connectivity index (χ4v) is 4.00. The van der Waals surface area contributed by atoms with Crippen LogP contribution in [0.1, 0.15) is 24.0 Å². The van der Waals surface area contributed by atoms with E-state index in [2.05, 4.69) is 28.4 Å². The van der Waals surface area contributed by atoms with E-state index in [0.717, 1.165) is 35.5 Å². The molecule has 2 fully saturated rings. The lowest BCUT2D eigenvalue weighted by Crippen LogP contribution is -2.37. The van der Waals surface area contributed by atoms with Gasteiger partial charge in [-0.2, -0.15) is 26.3 Å². The first-order valence-electron chi connectivity index (χ1n) is 11.8. The zero-order valence-corrected chi connectivity index (χ0v) is 21.4. The molecule has 3 atom stereocenters. The number of aliphatic hydroxyl groups is 1. The molecule has 10 nitrogen and oxygen atoms in total. The number of nitrogens with zero attached hydrogens (tertiary/aromatic N) is 5. The molecular weight excluding hydrogens is 562 g/mol. The maximum absolute atomic E-state index is 12.7. The van der Waals surface area contributed by atoms with Crippen molar-refractivity contribution in [3.05, 3.63) is 73.1 Å². The largest absolute Gasteiger partial charge is 0.416 e. The van der Waals surface area contributed by atoms with E-state index in [-0.39, 0.29) is 18.1 Å². The Labute approximate surface area is 229 Å². The van der Waals surface area contributed by atoms with Gasteiger partial charge in [-0.1, -0.05) is 12.2 Å². The zero-order valence-electron chi connectivity index (χ0n) is 21.4. The van der Waals surface area contributed by atoms with Crippen molar-refractivity contribution in [2.75, 3.05) is 16.8 Å². The lowest BCUT2D eigenvalue weighted by atomic mass is 10.1. The highest BCUT2D eigenvalue weighted by Crippen LogP contribution is 2.34. The van der Waals surface area contributed by atoms with Crippen LogP contribution in [0.5, 0.6) is 0 Å². The number of urea groups is 2. The molecule has 0 saturated carbocycles. The molecule has 3 unspecified atom stereocenters. The Kier molecular flexibility index (Phi) is 9.06. The van der Waals surface area contributed by atoms with Crippen LogP contribution >= 0.6 is 0 Å². The van der Waals surface area contributed by atoms with E-state index in [1.54, 1.807) is 0 Å². The molecule has 0 bridgehead atoms. The molecule has 2 aliphatic heterocycles. The van der Waals surface area contributed by atoms with Crippen molar-refractivity contribution in [3.63, 3.8) is 0 Å². The molecule has 2 aromatic heterocycles. The van der Waals surface area contributed by atoms with Crippen LogP contribution in [0.15, 0.2) is 62.0 Å². The van der Waals surface area contributed by atoms with E-state index in [1.165, 1.54) is 24.1 Å². The topological polar surface area (TPSA) is 119 Å². The highest BCUT2D eigenvalue weighted by atomic mass is 19.4. The number of hydrogen-bond donors (Lipinski definition) is 2. The monoisotopic (exact) mass is 586 g/mol. The van der Waals surface area contributed by atoms with Crippen LogP contribution < -0.4 is 15.1 Å². The van der Waals surface area contributed by atoms with Gasteiger partial charge in [0, 0.05) is 19.4 Å². The van der Waals surface area contributed by atoms with Gasteiger partial charge in [-0.15, -0.1) is 13.2 Å². The number of aliphatic hydroxyl groups excluding tert-OH is 1. The highest BCUT2D eigenvalue weighted by molar-refractivity contribution is 6.20. The fourth-order valence-electron chi connectivity index (χ4n) is 4.00. The molecule has 2 aromatic rings. The van der Waals surface area contributed by atoms with E-state index < -0.39 is 59.8 Å². The maximum Gasteiger partial charge on any atom is 0.416 e. The lowest BCUT2D eigenvalue weighted by molar-refractivity contribution is -0.138. The van der Waals surface area contributed by atoms with Crippen LogP contribution in [-0.2, 0) is 17.1 Å². The number of alkyl halides is 6. The number of aromatic nitrogens is 2. The van der Waals surface area contributed by atoms with Crippen molar-refractivity contribution in [2.45, 2.75) is 43.5 Å². The Balaban J connectivity index is 0.000000226. The minimum Gasteiger partial charge on any atom is -0.371 e. The molecule has 4 heterocycles. The average Bonchev–Trinajstić information content (AvgIpc) is 3.30. The number of pyridine rings is 2. The van der Waals surface area contributed by atoms with Crippen LogP contribution in [0.4, 0.5) is 47.6 Å². The molecule has 16 heteroatoms. The standard InChI is InChI=1S/C13H14F3N3O2.C12H10F3N3O2/c1-3-4-9-11(20)19(12(21)18(9)2)10-7-8(5-6-17-10)13(14,15)16;1-2-3-8-10(19)18(11(20)17-8)9-6-7(4-5-16-9)12(13,14)15/h3,5-7,9,11,20H,1,4H2,2H3;2,4-6,8H,1,3H2,(H,17,20). The number of carbonyl (C=O) groups is 3. The maximum atomic E-state index is 12.7. The number of hydrogen-bond acceptors (Lipinski definition) is 6. The number of halogens is 6. The molecule has 41 heavy (non-hydrogen) atoms. The Morgan fingerprint density at radius 2 is 1.44 bits per heavy atom. The van der Waals surface area contributed by atoms with Crippen molar-refractivity contribution in [1.82, 2.24) is 20.2 Å².